The smallest absolute Gasteiger partial charge is 0.147 e. The third kappa shape index (κ3) is 2.57. The van der Waals surface area contributed by atoms with Crippen molar-refractivity contribution in [2.45, 2.75) is 6.61 Å². The SMILES string of the molecule is OCc1ncc(-c2ccc(Cl)c(Cl)c2)cc1F. The summed E-state index contributed by atoms with van der Waals surface area (Å²) in [4.78, 5) is 3.82. The highest BCUT2D eigenvalue weighted by Crippen LogP contribution is 2.28. The van der Waals surface area contributed by atoms with Gasteiger partial charge >= 0.3 is 0 Å². The largest absolute Gasteiger partial charge is 0.390 e. The Kier molecular flexibility index (Phi) is 3.62. The summed E-state index contributed by atoms with van der Waals surface area (Å²) in [6.07, 6.45) is 1.48. The summed E-state index contributed by atoms with van der Waals surface area (Å²) in [5.41, 5.74) is 1.32. The first kappa shape index (κ1) is 12.3. The summed E-state index contributed by atoms with van der Waals surface area (Å²) in [5.74, 6) is -0.545. The van der Waals surface area contributed by atoms with Crippen molar-refractivity contribution >= 4 is 23.2 Å². The third-order valence-corrected chi connectivity index (χ3v) is 3.06. The molecule has 0 aliphatic rings. The molecule has 0 radical (unpaired) electrons. The van der Waals surface area contributed by atoms with Crippen molar-refractivity contribution in [1.29, 1.82) is 0 Å². The van der Waals surface area contributed by atoms with Crippen LogP contribution in [0.15, 0.2) is 30.5 Å². The monoisotopic (exact) mass is 271 g/mol. The predicted molar refractivity (Wildman–Crippen MR) is 65.6 cm³/mol. The van der Waals surface area contributed by atoms with Crippen LogP contribution in [-0.2, 0) is 6.61 Å². The lowest BCUT2D eigenvalue weighted by Gasteiger charge is -2.05. The maximum atomic E-state index is 13.4. The highest BCUT2D eigenvalue weighted by molar-refractivity contribution is 6.42. The molecular formula is C12H8Cl2FNO. The predicted octanol–water partition coefficient (Wildman–Crippen LogP) is 3.69. The van der Waals surface area contributed by atoms with Gasteiger partial charge in [0.05, 0.1) is 16.7 Å². The van der Waals surface area contributed by atoms with Crippen LogP contribution in [0.1, 0.15) is 5.69 Å². The van der Waals surface area contributed by atoms with E-state index in [0.717, 1.165) is 5.56 Å². The molecule has 0 saturated carbocycles. The van der Waals surface area contributed by atoms with Crippen molar-refractivity contribution in [3.63, 3.8) is 0 Å². The zero-order valence-corrected chi connectivity index (χ0v) is 10.1. The highest BCUT2D eigenvalue weighted by atomic mass is 35.5. The lowest BCUT2D eigenvalue weighted by Crippen LogP contribution is -1.95. The van der Waals surface area contributed by atoms with Gasteiger partial charge in [0, 0.05) is 11.8 Å². The second kappa shape index (κ2) is 5.00. The number of aromatic nitrogens is 1. The number of rotatable bonds is 2. The number of pyridine rings is 1. The van der Waals surface area contributed by atoms with E-state index in [0.29, 0.717) is 15.6 Å². The Morgan fingerprint density at radius 1 is 1.12 bits per heavy atom. The summed E-state index contributed by atoms with van der Waals surface area (Å²) >= 11 is 11.7. The van der Waals surface area contributed by atoms with Gasteiger partial charge in [0.1, 0.15) is 11.5 Å². The molecule has 0 saturated heterocycles. The average molecular weight is 272 g/mol. The van der Waals surface area contributed by atoms with E-state index in [1.54, 1.807) is 18.2 Å². The molecule has 2 rings (SSSR count). The first-order chi connectivity index (χ1) is 8.11. The van der Waals surface area contributed by atoms with Crippen molar-refractivity contribution in [2.75, 3.05) is 0 Å². The Balaban J connectivity index is 2.46. The molecule has 0 unspecified atom stereocenters. The Morgan fingerprint density at radius 3 is 2.47 bits per heavy atom. The molecule has 1 aromatic heterocycles. The first-order valence-electron chi connectivity index (χ1n) is 4.82. The standard InChI is InChI=1S/C12H8Cl2FNO/c13-9-2-1-7(3-10(9)14)8-4-11(15)12(6-17)16-5-8/h1-5,17H,6H2. The fourth-order valence-corrected chi connectivity index (χ4v) is 1.71. The van der Waals surface area contributed by atoms with Crippen LogP contribution in [0.3, 0.4) is 0 Å². The minimum absolute atomic E-state index is 0.0220. The molecule has 1 N–H and O–H groups in total. The number of aliphatic hydroxyl groups is 1. The fraction of sp³-hybridized carbons (Fsp3) is 0.0833. The van der Waals surface area contributed by atoms with Crippen molar-refractivity contribution in [1.82, 2.24) is 4.98 Å². The fourth-order valence-electron chi connectivity index (χ4n) is 1.42. The van der Waals surface area contributed by atoms with E-state index in [1.807, 2.05) is 0 Å². The summed E-state index contributed by atoms with van der Waals surface area (Å²) in [7, 11) is 0. The van der Waals surface area contributed by atoms with Crippen molar-refractivity contribution < 1.29 is 9.50 Å². The molecule has 0 aliphatic heterocycles. The number of hydrogen-bond donors (Lipinski definition) is 1. The van der Waals surface area contributed by atoms with Crippen molar-refractivity contribution in [3.8, 4) is 11.1 Å². The maximum absolute atomic E-state index is 13.4. The van der Waals surface area contributed by atoms with Gasteiger partial charge in [0.2, 0.25) is 0 Å². The normalized spacial score (nSPS) is 10.6. The van der Waals surface area contributed by atoms with Gasteiger partial charge in [0.15, 0.2) is 0 Å². The van der Waals surface area contributed by atoms with Crippen molar-refractivity contribution in [2.24, 2.45) is 0 Å². The number of halogens is 3. The molecule has 0 aliphatic carbocycles. The summed E-state index contributed by atoms with van der Waals surface area (Å²) in [5, 5.41) is 9.66. The van der Waals surface area contributed by atoms with E-state index in [9.17, 15) is 4.39 Å². The molecule has 0 fully saturated rings. The highest BCUT2D eigenvalue weighted by Gasteiger charge is 2.07. The molecule has 1 aromatic carbocycles. The van der Waals surface area contributed by atoms with Crippen LogP contribution in [0, 0.1) is 5.82 Å². The van der Waals surface area contributed by atoms with Gasteiger partial charge in [0.25, 0.3) is 0 Å². The molecule has 1 heterocycles. The molecule has 0 spiro atoms. The minimum atomic E-state index is -0.545. The second-order valence-corrected chi connectivity index (χ2v) is 4.25. The maximum Gasteiger partial charge on any atom is 0.147 e. The molecule has 2 nitrogen and oxygen atoms in total. The number of benzene rings is 1. The van der Waals surface area contributed by atoms with Gasteiger partial charge in [-0.2, -0.15) is 0 Å². The van der Waals surface area contributed by atoms with Gasteiger partial charge in [-0.3, -0.25) is 4.98 Å². The van der Waals surface area contributed by atoms with E-state index in [4.69, 9.17) is 28.3 Å². The van der Waals surface area contributed by atoms with Gasteiger partial charge in [-0.15, -0.1) is 0 Å². The average Bonchev–Trinajstić information content (AvgIpc) is 2.32. The Morgan fingerprint density at radius 2 is 1.88 bits per heavy atom. The van der Waals surface area contributed by atoms with E-state index in [-0.39, 0.29) is 5.69 Å². The first-order valence-corrected chi connectivity index (χ1v) is 5.58. The van der Waals surface area contributed by atoms with Crippen LogP contribution in [0.4, 0.5) is 4.39 Å². The van der Waals surface area contributed by atoms with Crippen LogP contribution in [-0.4, -0.2) is 10.1 Å². The molecule has 88 valence electrons. The molecule has 0 amide bonds. The Hall–Kier alpha value is -1.16. The zero-order chi connectivity index (χ0) is 12.4. The van der Waals surface area contributed by atoms with Gasteiger partial charge in [-0.1, -0.05) is 29.3 Å². The topological polar surface area (TPSA) is 33.1 Å². The molecule has 0 bridgehead atoms. The third-order valence-electron chi connectivity index (χ3n) is 2.32. The van der Waals surface area contributed by atoms with E-state index in [2.05, 4.69) is 4.98 Å². The quantitative estimate of drug-likeness (QED) is 0.904. The van der Waals surface area contributed by atoms with Gasteiger partial charge in [-0.05, 0) is 23.8 Å². The van der Waals surface area contributed by atoms with Crippen LogP contribution >= 0.6 is 23.2 Å². The van der Waals surface area contributed by atoms with Crippen molar-refractivity contribution in [3.05, 3.63) is 52.0 Å². The second-order valence-electron chi connectivity index (χ2n) is 3.44. The molecule has 2 aromatic rings. The van der Waals surface area contributed by atoms with E-state index < -0.39 is 12.4 Å². The molecule has 5 heteroatoms. The van der Waals surface area contributed by atoms with E-state index in [1.165, 1.54) is 12.3 Å². The summed E-state index contributed by atoms with van der Waals surface area (Å²) < 4.78 is 13.4. The summed E-state index contributed by atoms with van der Waals surface area (Å²) in [6, 6.07) is 6.30. The zero-order valence-electron chi connectivity index (χ0n) is 8.62. The van der Waals surface area contributed by atoms with E-state index >= 15 is 0 Å². The number of aliphatic hydroxyl groups excluding tert-OH is 1. The Bertz CT molecular complexity index is 560. The number of nitrogens with zero attached hydrogens (tertiary/aromatic N) is 1. The van der Waals surface area contributed by atoms with Crippen LogP contribution in [0.25, 0.3) is 11.1 Å². The van der Waals surface area contributed by atoms with Crippen LogP contribution < -0.4 is 0 Å². The van der Waals surface area contributed by atoms with Crippen LogP contribution in [0.5, 0.6) is 0 Å². The molecular weight excluding hydrogens is 264 g/mol. The summed E-state index contributed by atoms with van der Waals surface area (Å²) in [6.45, 7) is -0.423. The molecule has 17 heavy (non-hydrogen) atoms. The Labute approximate surface area is 108 Å². The lowest BCUT2D eigenvalue weighted by molar-refractivity contribution is 0.270. The lowest BCUT2D eigenvalue weighted by atomic mass is 10.1. The van der Waals surface area contributed by atoms with Crippen LogP contribution in [0.2, 0.25) is 10.0 Å². The molecule has 0 atom stereocenters. The van der Waals surface area contributed by atoms with Gasteiger partial charge < -0.3 is 5.11 Å². The minimum Gasteiger partial charge on any atom is -0.390 e. The van der Waals surface area contributed by atoms with Gasteiger partial charge in [-0.25, -0.2) is 4.39 Å². The number of hydrogen-bond acceptors (Lipinski definition) is 2.